The van der Waals surface area contributed by atoms with Crippen LogP contribution in [0, 0.1) is 10.1 Å². The number of esters is 1. The molecule has 1 atom stereocenters. The van der Waals surface area contributed by atoms with Crippen LogP contribution in [0.5, 0.6) is 11.5 Å². The Bertz CT molecular complexity index is 1790. The fourth-order valence-corrected chi connectivity index (χ4v) is 6.41. The highest BCUT2D eigenvalue weighted by Crippen LogP contribution is 2.36. The van der Waals surface area contributed by atoms with Crippen LogP contribution in [0.2, 0.25) is 0 Å². The first kappa shape index (κ1) is 30.0. The van der Waals surface area contributed by atoms with Gasteiger partial charge in [0.15, 0.2) is 16.3 Å². The molecule has 0 N–H and O–H groups in total. The SMILES string of the molecule is CCOC(=O)C1=C(C)N=c2s/c(=C/c3cc([N+](=O)[O-])ccc3N3CCN(C)CC3)c(=O)n2[C@H]1c1ccc(OC)c(OC)c1. The number of rotatable bonds is 8. The van der Waals surface area contributed by atoms with Crippen LogP contribution in [-0.4, -0.2) is 74.4 Å². The van der Waals surface area contributed by atoms with Crippen LogP contribution in [0.4, 0.5) is 11.4 Å². The van der Waals surface area contributed by atoms with E-state index in [0.29, 0.717) is 37.7 Å². The zero-order valence-corrected chi connectivity index (χ0v) is 25.5. The van der Waals surface area contributed by atoms with Crippen molar-refractivity contribution in [3.63, 3.8) is 0 Å². The third-order valence-corrected chi connectivity index (χ3v) is 8.58. The highest BCUT2D eigenvalue weighted by Gasteiger charge is 2.34. The average Bonchev–Trinajstić information content (AvgIpc) is 3.30. The van der Waals surface area contributed by atoms with E-state index in [9.17, 15) is 19.7 Å². The first-order chi connectivity index (χ1) is 20.7. The van der Waals surface area contributed by atoms with E-state index in [0.717, 1.165) is 43.2 Å². The van der Waals surface area contributed by atoms with Crippen LogP contribution in [0.3, 0.4) is 0 Å². The van der Waals surface area contributed by atoms with E-state index in [1.807, 2.05) is 0 Å². The number of benzene rings is 2. The number of nitro benzene ring substituents is 1. The van der Waals surface area contributed by atoms with Gasteiger partial charge >= 0.3 is 5.97 Å². The Morgan fingerprint density at radius 2 is 1.84 bits per heavy atom. The molecule has 5 rings (SSSR count). The number of likely N-dealkylation sites (N-methyl/N-ethyl adjacent to an activating group) is 1. The third-order valence-electron chi connectivity index (χ3n) is 7.59. The zero-order chi connectivity index (χ0) is 30.8. The first-order valence-corrected chi connectivity index (χ1v) is 14.6. The van der Waals surface area contributed by atoms with Gasteiger partial charge in [-0.3, -0.25) is 19.5 Å². The summed E-state index contributed by atoms with van der Waals surface area (Å²) in [6.07, 6.45) is 1.68. The first-order valence-electron chi connectivity index (χ1n) is 13.8. The number of anilines is 1. The van der Waals surface area contributed by atoms with Crippen molar-refractivity contribution in [3.8, 4) is 11.5 Å². The number of hydrogen-bond donors (Lipinski definition) is 0. The van der Waals surface area contributed by atoms with E-state index in [4.69, 9.17) is 14.2 Å². The Balaban J connectivity index is 1.72. The zero-order valence-electron chi connectivity index (χ0n) is 24.7. The van der Waals surface area contributed by atoms with Crippen molar-refractivity contribution in [2.24, 2.45) is 4.99 Å². The monoisotopic (exact) mass is 607 g/mol. The summed E-state index contributed by atoms with van der Waals surface area (Å²) < 4.78 is 18.1. The molecular formula is C30H33N5O7S. The summed E-state index contributed by atoms with van der Waals surface area (Å²) in [5.74, 6) is 0.362. The lowest BCUT2D eigenvalue weighted by atomic mass is 9.95. The highest BCUT2D eigenvalue weighted by atomic mass is 32.1. The van der Waals surface area contributed by atoms with Crippen molar-refractivity contribution >= 4 is 34.8 Å². The molecule has 3 aromatic rings. The van der Waals surface area contributed by atoms with Crippen LogP contribution in [0.25, 0.3) is 6.08 Å². The molecule has 3 heterocycles. The number of allylic oxidation sites excluding steroid dienone is 1. The maximum atomic E-state index is 14.2. The van der Waals surface area contributed by atoms with Gasteiger partial charge in [0.2, 0.25) is 0 Å². The number of carbonyl (C=O) groups excluding carboxylic acids is 1. The lowest BCUT2D eigenvalue weighted by Gasteiger charge is -2.34. The van der Waals surface area contributed by atoms with E-state index in [1.165, 1.54) is 30.9 Å². The fourth-order valence-electron chi connectivity index (χ4n) is 5.38. The number of hydrogen-bond acceptors (Lipinski definition) is 11. The quantitative estimate of drug-likeness (QED) is 0.216. The molecule has 2 aromatic carbocycles. The number of methoxy groups -OCH3 is 2. The lowest BCUT2D eigenvalue weighted by Crippen LogP contribution is -2.44. The Morgan fingerprint density at radius 1 is 1.12 bits per heavy atom. The van der Waals surface area contributed by atoms with Crippen LogP contribution < -0.4 is 29.3 Å². The molecule has 0 saturated carbocycles. The van der Waals surface area contributed by atoms with Gasteiger partial charge in [0.25, 0.3) is 11.2 Å². The van der Waals surface area contributed by atoms with Gasteiger partial charge in [-0.15, -0.1) is 0 Å². The molecule has 0 aliphatic carbocycles. The van der Waals surface area contributed by atoms with Gasteiger partial charge in [0.05, 0.1) is 47.6 Å². The normalized spacial score (nSPS) is 17.4. The number of non-ortho nitro benzene ring substituents is 1. The Kier molecular flexibility index (Phi) is 8.64. The van der Waals surface area contributed by atoms with Crippen LogP contribution >= 0.6 is 11.3 Å². The predicted octanol–water partition coefficient (Wildman–Crippen LogP) is 2.48. The van der Waals surface area contributed by atoms with E-state index < -0.39 is 16.9 Å². The van der Waals surface area contributed by atoms with Crippen molar-refractivity contribution in [2.45, 2.75) is 19.9 Å². The molecule has 2 aliphatic heterocycles. The minimum absolute atomic E-state index is 0.0689. The topological polar surface area (TPSA) is 129 Å². The molecular weight excluding hydrogens is 574 g/mol. The van der Waals surface area contributed by atoms with Crippen molar-refractivity contribution < 1.29 is 23.9 Å². The van der Waals surface area contributed by atoms with Gasteiger partial charge in [-0.25, -0.2) is 9.79 Å². The second-order valence-electron chi connectivity index (χ2n) is 10.2. The number of fused-ring (bicyclic) bond motifs is 1. The van der Waals surface area contributed by atoms with Crippen molar-refractivity contribution in [2.75, 3.05) is 59.0 Å². The number of piperazine rings is 1. The van der Waals surface area contributed by atoms with Crippen molar-refractivity contribution in [1.82, 2.24) is 9.47 Å². The number of nitro groups is 1. The van der Waals surface area contributed by atoms with Gasteiger partial charge in [0.1, 0.15) is 0 Å². The highest BCUT2D eigenvalue weighted by molar-refractivity contribution is 7.07. The van der Waals surface area contributed by atoms with E-state index in [2.05, 4.69) is 21.8 Å². The summed E-state index contributed by atoms with van der Waals surface area (Å²) >= 11 is 1.16. The maximum absolute atomic E-state index is 14.2. The molecule has 0 bridgehead atoms. The number of thiazole rings is 1. The maximum Gasteiger partial charge on any atom is 0.338 e. The summed E-state index contributed by atoms with van der Waals surface area (Å²) in [5.41, 5.74) is 2.20. The van der Waals surface area contributed by atoms with Crippen LogP contribution in [0.15, 0.2) is 57.5 Å². The Morgan fingerprint density at radius 3 is 2.49 bits per heavy atom. The van der Waals surface area contributed by atoms with Gasteiger partial charge in [0, 0.05) is 49.6 Å². The molecule has 13 heteroatoms. The molecule has 43 heavy (non-hydrogen) atoms. The Hall–Kier alpha value is -4.49. The third kappa shape index (κ3) is 5.77. The number of nitrogens with zero attached hydrogens (tertiary/aromatic N) is 5. The molecule has 2 aliphatic rings. The molecule has 0 radical (unpaired) electrons. The van der Waals surface area contributed by atoms with Crippen LogP contribution in [-0.2, 0) is 9.53 Å². The summed E-state index contributed by atoms with van der Waals surface area (Å²) in [6, 6.07) is 9.08. The average molecular weight is 608 g/mol. The predicted molar refractivity (Wildman–Crippen MR) is 163 cm³/mol. The van der Waals surface area contributed by atoms with Gasteiger partial charge < -0.3 is 24.0 Å². The molecule has 0 amide bonds. The molecule has 0 spiro atoms. The summed E-state index contributed by atoms with van der Waals surface area (Å²) in [4.78, 5) is 48.0. The molecule has 1 saturated heterocycles. The lowest BCUT2D eigenvalue weighted by molar-refractivity contribution is -0.384. The molecule has 226 valence electrons. The molecule has 1 aromatic heterocycles. The number of carbonyl (C=O) groups is 1. The summed E-state index contributed by atoms with van der Waals surface area (Å²) in [6.45, 7) is 6.77. The van der Waals surface area contributed by atoms with Gasteiger partial charge in [-0.05, 0) is 50.7 Å². The minimum atomic E-state index is -0.848. The van der Waals surface area contributed by atoms with E-state index in [-0.39, 0.29) is 23.4 Å². The smallest absolute Gasteiger partial charge is 0.338 e. The summed E-state index contributed by atoms with van der Waals surface area (Å²) in [5, 5.41) is 11.7. The minimum Gasteiger partial charge on any atom is -0.493 e. The van der Waals surface area contributed by atoms with E-state index in [1.54, 1.807) is 44.2 Å². The second kappa shape index (κ2) is 12.4. The largest absolute Gasteiger partial charge is 0.493 e. The van der Waals surface area contributed by atoms with Crippen molar-refractivity contribution in [1.29, 1.82) is 0 Å². The van der Waals surface area contributed by atoms with Crippen molar-refractivity contribution in [3.05, 3.63) is 88.6 Å². The molecule has 0 unspecified atom stereocenters. The number of ether oxygens (including phenoxy) is 3. The fraction of sp³-hybridized carbons (Fsp3) is 0.367. The second-order valence-corrected chi connectivity index (χ2v) is 11.2. The van der Waals surface area contributed by atoms with Crippen LogP contribution in [0.1, 0.15) is 31.0 Å². The Labute approximate surface area is 251 Å². The molecule has 1 fully saturated rings. The molecule has 12 nitrogen and oxygen atoms in total. The number of aromatic nitrogens is 1. The summed E-state index contributed by atoms with van der Waals surface area (Å²) in [7, 11) is 5.09. The standard InChI is InChI=1S/C30H33N5O7S/c1-6-42-29(37)26-18(2)31-30-34(27(26)19-7-10-23(40-4)24(16-19)41-5)28(36)25(43-30)17-20-15-21(35(38)39)8-9-22(20)33-13-11-32(3)12-14-33/h7-10,15-17,27H,6,11-14H2,1-5H3/b25-17+/t27-/m0/s1. The van der Waals surface area contributed by atoms with E-state index >= 15 is 0 Å². The van der Waals surface area contributed by atoms with Gasteiger partial charge in [-0.1, -0.05) is 17.4 Å². The van der Waals surface area contributed by atoms with Gasteiger partial charge in [-0.2, -0.15) is 0 Å².